The van der Waals surface area contributed by atoms with Gasteiger partial charge in [0, 0.05) is 47.1 Å². The molecule has 2 aromatic heterocycles. The van der Waals surface area contributed by atoms with Gasteiger partial charge in [-0.1, -0.05) is 51.4 Å². The summed E-state index contributed by atoms with van der Waals surface area (Å²) in [5, 5.41) is 5.46. The molecule has 0 radical (unpaired) electrons. The van der Waals surface area contributed by atoms with Crippen molar-refractivity contribution in [1.82, 2.24) is 24.4 Å². The Morgan fingerprint density at radius 3 is 2.29 bits per heavy atom. The fraction of sp³-hybridized carbons (Fsp3) is 0.531. The number of piperazine rings is 1. The van der Waals surface area contributed by atoms with Gasteiger partial charge in [-0.3, -0.25) is 9.59 Å². The molecule has 1 saturated heterocycles. The lowest BCUT2D eigenvalue weighted by atomic mass is 9.72. The molecule has 1 aromatic carbocycles. The average molecular weight is 578 g/mol. The monoisotopic (exact) mass is 577 g/mol. The predicted molar refractivity (Wildman–Crippen MR) is 160 cm³/mol. The van der Waals surface area contributed by atoms with Crippen molar-refractivity contribution in [3.8, 4) is 11.3 Å². The van der Waals surface area contributed by atoms with Gasteiger partial charge in [0.15, 0.2) is 5.65 Å². The largest absolute Gasteiger partial charge is 0.338 e. The van der Waals surface area contributed by atoms with E-state index in [2.05, 4.69) is 20.8 Å². The summed E-state index contributed by atoms with van der Waals surface area (Å²) in [6.45, 7) is 13.7. The van der Waals surface area contributed by atoms with Crippen LogP contribution in [0.5, 0.6) is 0 Å². The van der Waals surface area contributed by atoms with E-state index in [0.717, 1.165) is 48.8 Å². The standard InChI is InChI=1S/C32H40ClN5O3/c1-30(2,3)24-17-25(21-7-9-23(33)10-8-21)35-38-18-26(34-27(24)38)29(41)37-16-15-36(19-31(37,4)5)28(40)22-11-13-32(6,20-39)14-12-22/h7-10,17-18,20,22H,11-16,19H2,1-6H3. The zero-order valence-electron chi connectivity index (χ0n) is 24.9. The Morgan fingerprint density at radius 2 is 1.71 bits per heavy atom. The van der Waals surface area contributed by atoms with E-state index >= 15 is 0 Å². The molecular weight excluding hydrogens is 538 g/mol. The van der Waals surface area contributed by atoms with E-state index in [1.807, 2.05) is 60.9 Å². The van der Waals surface area contributed by atoms with Crippen LogP contribution in [0.3, 0.4) is 0 Å². The van der Waals surface area contributed by atoms with E-state index in [9.17, 15) is 14.4 Å². The van der Waals surface area contributed by atoms with E-state index in [4.69, 9.17) is 21.7 Å². The number of amides is 2. The molecule has 0 unspecified atom stereocenters. The summed E-state index contributed by atoms with van der Waals surface area (Å²) >= 11 is 6.10. The first-order valence-electron chi connectivity index (χ1n) is 14.4. The van der Waals surface area contributed by atoms with Crippen LogP contribution in [0.25, 0.3) is 16.9 Å². The minimum atomic E-state index is -0.568. The van der Waals surface area contributed by atoms with E-state index < -0.39 is 5.54 Å². The molecule has 3 heterocycles. The molecule has 0 bridgehead atoms. The van der Waals surface area contributed by atoms with Crippen LogP contribution in [-0.2, 0) is 15.0 Å². The summed E-state index contributed by atoms with van der Waals surface area (Å²) in [6, 6.07) is 9.58. The number of carbonyl (C=O) groups is 3. The molecule has 2 amide bonds. The van der Waals surface area contributed by atoms with Gasteiger partial charge in [-0.25, -0.2) is 9.50 Å². The van der Waals surface area contributed by atoms with E-state index in [0.29, 0.717) is 36.0 Å². The fourth-order valence-electron chi connectivity index (χ4n) is 6.15. The Morgan fingerprint density at radius 1 is 1.05 bits per heavy atom. The molecule has 5 rings (SSSR count). The van der Waals surface area contributed by atoms with Gasteiger partial charge in [0.1, 0.15) is 12.0 Å². The first kappa shape index (κ1) is 29.2. The lowest BCUT2D eigenvalue weighted by Gasteiger charge is -2.48. The molecule has 41 heavy (non-hydrogen) atoms. The van der Waals surface area contributed by atoms with E-state index in [1.54, 1.807) is 10.7 Å². The SMILES string of the molecule is CC1(C=O)CCC(C(=O)N2CCN(C(=O)c3cn4nc(-c5ccc(Cl)cc5)cc(C(C)(C)C)c4n3)C(C)(C)C2)CC1. The topological polar surface area (TPSA) is 87.9 Å². The third-order valence-electron chi connectivity index (χ3n) is 8.81. The Kier molecular flexibility index (Phi) is 7.51. The second-order valence-corrected chi connectivity index (χ2v) is 14.1. The summed E-state index contributed by atoms with van der Waals surface area (Å²) in [4.78, 5) is 47.3. The van der Waals surface area contributed by atoms with E-state index in [1.165, 1.54) is 0 Å². The molecule has 2 aliphatic rings. The first-order chi connectivity index (χ1) is 19.2. The smallest absolute Gasteiger partial charge is 0.274 e. The number of aromatic nitrogens is 3. The van der Waals surface area contributed by atoms with Gasteiger partial charge in [0.05, 0.1) is 17.4 Å². The van der Waals surface area contributed by atoms with Crippen molar-refractivity contribution in [2.45, 2.75) is 78.2 Å². The van der Waals surface area contributed by atoms with Crippen molar-refractivity contribution in [3.63, 3.8) is 0 Å². The van der Waals surface area contributed by atoms with E-state index in [-0.39, 0.29) is 28.6 Å². The van der Waals surface area contributed by atoms with Crippen LogP contribution >= 0.6 is 11.6 Å². The number of imidazole rings is 1. The molecule has 8 nitrogen and oxygen atoms in total. The van der Waals surface area contributed by atoms with Crippen molar-refractivity contribution in [1.29, 1.82) is 0 Å². The molecular formula is C32H40ClN5O3. The molecule has 3 aromatic rings. The van der Waals surface area contributed by atoms with Gasteiger partial charge in [0.2, 0.25) is 5.91 Å². The number of hydrogen-bond acceptors (Lipinski definition) is 5. The lowest BCUT2D eigenvalue weighted by Crippen LogP contribution is -2.62. The maximum Gasteiger partial charge on any atom is 0.274 e. The summed E-state index contributed by atoms with van der Waals surface area (Å²) in [5.41, 5.74) is 2.58. The number of aldehydes is 1. The number of nitrogens with zero attached hydrogens (tertiary/aromatic N) is 5. The van der Waals surface area contributed by atoms with Crippen LogP contribution in [-0.4, -0.2) is 67.7 Å². The molecule has 218 valence electrons. The quantitative estimate of drug-likeness (QED) is 0.365. The molecule has 1 aliphatic carbocycles. The minimum absolute atomic E-state index is 0.0590. The van der Waals surface area contributed by atoms with Crippen molar-refractivity contribution in [2.24, 2.45) is 11.3 Å². The zero-order valence-corrected chi connectivity index (χ0v) is 25.7. The number of rotatable bonds is 4. The number of carbonyl (C=O) groups excluding carboxylic acids is 3. The van der Waals surface area contributed by atoms with Crippen LogP contribution in [0.15, 0.2) is 36.5 Å². The maximum atomic E-state index is 13.9. The van der Waals surface area contributed by atoms with Crippen LogP contribution in [0.4, 0.5) is 0 Å². The zero-order chi connectivity index (χ0) is 29.7. The van der Waals surface area contributed by atoms with Gasteiger partial charge in [-0.15, -0.1) is 0 Å². The second-order valence-electron chi connectivity index (χ2n) is 13.7. The van der Waals surface area contributed by atoms with Crippen LogP contribution < -0.4 is 0 Å². The number of halogens is 1. The number of hydrogen-bond donors (Lipinski definition) is 0. The number of benzene rings is 1. The Bertz CT molecular complexity index is 1480. The molecule has 1 saturated carbocycles. The van der Waals surface area contributed by atoms with Gasteiger partial charge in [-0.05, 0) is 63.1 Å². The van der Waals surface area contributed by atoms with Crippen molar-refractivity contribution in [2.75, 3.05) is 19.6 Å². The minimum Gasteiger partial charge on any atom is -0.338 e. The van der Waals surface area contributed by atoms with Crippen molar-refractivity contribution in [3.05, 3.63) is 52.8 Å². The number of fused-ring (bicyclic) bond motifs is 1. The molecule has 0 N–H and O–H groups in total. The van der Waals surface area contributed by atoms with Gasteiger partial charge in [-0.2, -0.15) is 5.10 Å². The second kappa shape index (κ2) is 10.5. The Balaban J connectivity index is 1.38. The highest BCUT2D eigenvalue weighted by Crippen LogP contribution is 2.38. The average Bonchev–Trinajstić information content (AvgIpc) is 3.36. The highest BCUT2D eigenvalue weighted by molar-refractivity contribution is 6.30. The fourth-order valence-corrected chi connectivity index (χ4v) is 6.28. The third-order valence-corrected chi connectivity index (χ3v) is 9.06. The van der Waals surface area contributed by atoms with Gasteiger partial charge < -0.3 is 14.6 Å². The maximum absolute atomic E-state index is 13.9. The first-order valence-corrected chi connectivity index (χ1v) is 14.8. The summed E-state index contributed by atoms with van der Waals surface area (Å²) < 4.78 is 1.71. The normalized spacial score (nSPS) is 23.0. The summed E-state index contributed by atoms with van der Waals surface area (Å²) in [6.07, 6.45) is 5.71. The highest BCUT2D eigenvalue weighted by atomic mass is 35.5. The molecule has 0 atom stereocenters. The Hall–Kier alpha value is -3.26. The lowest BCUT2D eigenvalue weighted by molar-refractivity contribution is -0.142. The molecule has 0 spiro atoms. The highest BCUT2D eigenvalue weighted by Gasteiger charge is 2.42. The van der Waals surface area contributed by atoms with Crippen molar-refractivity contribution >= 4 is 35.3 Å². The van der Waals surface area contributed by atoms with Crippen molar-refractivity contribution < 1.29 is 14.4 Å². The summed E-state index contributed by atoms with van der Waals surface area (Å²) in [5.74, 6) is -0.0873. The summed E-state index contributed by atoms with van der Waals surface area (Å²) in [7, 11) is 0. The van der Waals surface area contributed by atoms with Crippen LogP contribution in [0.2, 0.25) is 5.02 Å². The molecule has 1 aliphatic heterocycles. The van der Waals surface area contributed by atoms with Gasteiger partial charge >= 0.3 is 0 Å². The predicted octanol–water partition coefficient (Wildman–Crippen LogP) is 5.81. The molecule has 2 fully saturated rings. The van der Waals surface area contributed by atoms with Crippen LogP contribution in [0, 0.1) is 11.3 Å². The molecule has 9 heteroatoms. The van der Waals surface area contributed by atoms with Gasteiger partial charge in [0.25, 0.3) is 5.91 Å². The third kappa shape index (κ3) is 5.76. The Labute approximate surface area is 247 Å². The van der Waals surface area contributed by atoms with Crippen LogP contribution in [0.1, 0.15) is 83.3 Å².